The van der Waals surface area contributed by atoms with Crippen molar-refractivity contribution in [1.82, 2.24) is 0 Å². The third-order valence-corrected chi connectivity index (χ3v) is 7.80. The zero-order chi connectivity index (χ0) is 26.6. The third-order valence-electron chi connectivity index (χ3n) is 6.40. The van der Waals surface area contributed by atoms with Crippen molar-refractivity contribution in [1.29, 1.82) is 0 Å². The molecule has 2 aliphatic rings. The van der Waals surface area contributed by atoms with Crippen molar-refractivity contribution in [2.24, 2.45) is 29.4 Å². The second kappa shape index (κ2) is 13.1. The Morgan fingerprint density at radius 3 is 2.24 bits per heavy atom. The van der Waals surface area contributed by atoms with Gasteiger partial charge in [-0.2, -0.15) is 0 Å². The van der Waals surface area contributed by atoms with Crippen LogP contribution in [-0.4, -0.2) is 60.0 Å². The van der Waals surface area contributed by atoms with E-state index in [4.69, 9.17) is 36.3 Å². The van der Waals surface area contributed by atoms with Crippen molar-refractivity contribution in [2.75, 3.05) is 19.3 Å². The number of ether oxygens (including phenoxy) is 4. The fourth-order valence-corrected chi connectivity index (χ4v) is 5.94. The highest BCUT2D eigenvalue weighted by Gasteiger charge is 2.78. The van der Waals surface area contributed by atoms with Crippen molar-refractivity contribution in [3.63, 3.8) is 0 Å². The Kier molecular flexibility index (Phi) is 11.0. The Morgan fingerprint density at radius 2 is 1.68 bits per heavy atom. The van der Waals surface area contributed by atoms with Gasteiger partial charge >= 0.3 is 23.9 Å². The molecule has 3 N–H and O–H groups in total. The molecule has 3 rings (SSSR count). The largest absolute Gasteiger partial charge is 0.428 e. The number of esters is 4. The Morgan fingerprint density at radius 1 is 1.08 bits per heavy atom. The fraction of sp³-hybridized carbons (Fsp3) is 0.565. The van der Waals surface area contributed by atoms with Gasteiger partial charge in [-0.25, -0.2) is 9.18 Å². The predicted molar refractivity (Wildman–Crippen MR) is 131 cm³/mol. The van der Waals surface area contributed by atoms with E-state index in [1.54, 1.807) is 13.8 Å². The fourth-order valence-electron chi connectivity index (χ4n) is 4.48. The highest BCUT2D eigenvalue weighted by atomic mass is 35.5. The minimum absolute atomic E-state index is 0. The Hall–Kier alpha value is -2.12. The van der Waals surface area contributed by atoms with Crippen molar-refractivity contribution in [2.45, 2.75) is 43.2 Å². The third kappa shape index (κ3) is 6.66. The summed E-state index contributed by atoms with van der Waals surface area (Å²) in [4.78, 5) is 48.9. The monoisotopic (exact) mass is 583 g/mol. The predicted octanol–water partition coefficient (Wildman–Crippen LogP) is 2.45. The topological polar surface area (TPSA) is 151 Å². The highest BCUT2D eigenvalue weighted by molar-refractivity contribution is 7.99. The first-order valence-electron chi connectivity index (χ1n) is 11.3. The number of benzene rings is 1. The van der Waals surface area contributed by atoms with Crippen LogP contribution in [0.4, 0.5) is 4.39 Å². The number of thioether (sulfide) groups is 1. The number of hydrogen-bond donors (Lipinski definition) is 2. The summed E-state index contributed by atoms with van der Waals surface area (Å²) >= 11 is 7.02. The molecule has 0 bridgehead atoms. The molecule has 2 fully saturated rings. The molecule has 1 aromatic carbocycles. The van der Waals surface area contributed by atoms with Crippen molar-refractivity contribution in [3.8, 4) is 0 Å². The lowest BCUT2D eigenvalue weighted by atomic mass is 9.81. The average Bonchev–Trinajstić information content (AvgIpc) is 3.57. The number of aliphatic hydroxyl groups excluding tert-OH is 1. The molecule has 0 aromatic heterocycles. The lowest BCUT2D eigenvalue weighted by Crippen LogP contribution is -2.59. The van der Waals surface area contributed by atoms with Gasteiger partial charge < -0.3 is 29.8 Å². The minimum Gasteiger partial charge on any atom is -0.428 e. The molecule has 2 aliphatic carbocycles. The SMILES string of the molecule is CCC(=O)OCOC(=O)[C@H]1[C@@H]2[C@H](O)[C@@H](CSc3ccc(F)c(Cl)c3)[C@@](N)(C(=O)OCOC(=O)CC)[C@H]12.Cl. The molecular weight excluding hydrogens is 556 g/mol. The van der Waals surface area contributed by atoms with Gasteiger partial charge in [-0.15, -0.1) is 24.2 Å². The van der Waals surface area contributed by atoms with Crippen molar-refractivity contribution >= 4 is 59.6 Å². The Labute approximate surface area is 228 Å². The molecule has 0 amide bonds. The normalized spacial score (nSPS) is 27.4. The van der Waals surface area contributed by atoms with Crippen LogP contribution in [0, 0.1) is 29.5 Å². The number of carbonyl (C=O) groups is 4. The van der Waals surface area contributed by atoms with Gasteiger partial charge in [0, 0.05) is 41.2 Å². The molecular formula is C23H28Cl2FNO9S. The van der Waals surface area contributed by atoms with Gasteiger partial charge in [-0.3, -0.25) is 14.4 Å². The first-order valence-corrected chi connectivity index (χ1v) is 12.6. The van der Waals surface area contributed by atoms with E-state index in [-0.39, 0.29) is 36.0 Å². The summed E-state index contributed by atoms with van der Waals surface area (Å²) in [7, 11) is 0. The first kappa shape index (κ1) is 31.1. The summed E-state index contributed by atoms with van der Waals surface area (Å²) in [6.07, 6.45) is -1.00. The van der Waals surface area contributed by atoms with Gasteiger partial charge in [0.15, 0.2) is 0 Å². The van der Waals surface area contributed by atoms with Crippen molar-refractivity contribution in [3.05, 3.63) is 29.0 Å². The quantitative estimate of drug-likeness (QED) is 0.224. The molecule has 0 saturated heterocycles. The second-order valence-electron chi connectivity index (χ2n) is 8.42. The van der Waals surface area contributed by atoms with Crippen LogP contribution in [0.15, 0.2) is 23.1 Å². The van der Waals surface area contributed by atoms with Gasteiger partial charge in [-0.1, -0.05) is 25.4 Å². The maximum absolute atomic E-state index is 13.5. The summed E-state index contributed by atoms with van der Waals surface area (Å²) in [5, 5.41) is 10.9. The van der Waals surface area contributed by atoms with E-state index in [0.717, 1.165) is 0 Å². The molecule has 14 heteroatoms. The number of fused-ring (bicyclic) bond motifs is 1. The smallest absolute Gasteiger partial charge is 0.329 e. The van der Waals surface area contributed by atoms with E-state index in [1.807, 2.05) is 0 Å². The van der Waals surface area contributed by atoms with Crippen LogP contribution >= 0.6 is 35.8 Å². The number of halogens is 3. The van der Waals surface area contributed by atoms with Gasteiger partial charge in [-0.05, 0) is 18.2 Å². The molecule has 0 radical (unpaired) electrons. The second-order valence-corrected chi connectivity index (χ2v) is 9.92. The molecule has 0 aliphatic heterocycles. The molecule has 0 heterocycles. The molecule has 6 atom stereocenters. The number of carbonyl (C=O) groups excluding carboxylic acids is 4. The van der Waals surface area contributed by atoms with Crippen LogP contribution < -0.4 is 5.73 Å². The molecule has 206 valence electrons. The van der Waals surface area contributed by atoms with E-state index < -0.39 is 78.6 Å². The summed E-state index contributed by atoms with van der Waals surface area (Å²) in [6.45, 7) is 1.88. The van der Waals surface area contributed by atoms with Gasteiger partial charge in [0.25, 0.3) is 0 Å². The zero-order valence-corrected chi connectivity index (χ0v) is 22.4. The van der Waals surface area contributed by atoms with E-state index >= 15 is 0 Å². The van der Waals surface area contributed by atoms with Gasteiger partial charge in [0.05, 0.1) is 17.0 Å². The Bertz CT molecular complexity index is 1030. The van der Waals surface area contributed by atoms with Crippen LogP contribution in [-0.2, 0) is 38.1 Å². The molecule has 10 nitrogen and oxygen atoms in total. The van der Waals surface area contributed by atoms with E-state index in [1.165, 1.54) is 30.0 Å². The number of nitrogens with two attached hydrogens (primary N) is 1. The van der Waals surface area contributed by atoms with Crippen molar-refractivity contribution < 1.29 is 47.6 Å². The van der Waals surface area contributed by atoms with Crippen LogP contribution in [0.3, 0.4) is 0 Å². The number of hydrogen-bond acceptors (Lipinski definition) is 11. The van der Waals surface area contributed by atoms with Gasteiger partial charge in [0.1, 0.15) is 11.4 Å². The molecule has 1 aromatic rings. The maximum atomic E-state index is 13.5. The molecule has 0 unspecified atom stereocenters. The highest BCUT2D eigenvalue weighted by Crippen LogP contribution is 2.64. The molecule has 37 heavy (non-hydrogen) atoms. The summed E-state index contributed by atoms with van der Waals surface area (Å²) in [5.41, 5.74) is 4.73. The lowest BCUT2D eigenvalue weighted by molar-refractivity contribution is -0.173. The van der Waals surface area contributed by atoms with E-state index in [9.17, 15) is 28.7 Å². The lowest BCUT2D eigenvalue weighted by Gasteiger charge is -2.34. The Balaban J connectivity index is 0.00000481. The number of rotatable bonds is 11. The summed E-state index contributed by atoms with van der Waals surface area (Å²) in [5.74, 6) is -6.65. The van der Waals surface area contributed by atoms with E-state index in [0.29, 0.717) is 4.90 Å². The zero-order valence-electron chi connectivity index (χ0n) is 20.0. The minimum atomic E-state index is -1.82. The van der Waals surface area contributed by atoms with E-state index in [2.05, 4.69) is 0 Å². The molecule has 0 spiro atoms. The number of aliphatic hydroxyl groups is 1. The van der Waals surface area contributed by atoms with Crippen LogP contribution in [0.25, 0.3) is 0 Å². The first-order chi connectivity index (χ1) is 17.1. The van der Waals surface area contributed by atoms with Crippen LogP contribution in [0.2, 0.25) is 5.02 Å². The van der Waals surface area contributed by atoms with Crippen LogP contribution in [0.1, 0.15) is 26.7 Å². The van der Waals surface area contributed by atoms with Crippen LogP contribution in [0.5, 0.6) is 0 Å². The maximum Gasteiger partial charge on any atom is 0.329 e. The molecule has 2 saturated carbocycles. The standard InChI is InChI=1S/C23H27ClFNO9S.ClH/c1-3-15(27)32-9-34-21(30)18-17-19(18)23(26,22(31)35-10-33-16(28)4-2)12(20(17)29)8-36-11-5-6-14(25)13(24)7-11;/h5-7,12,17-20,29H,3-4,8-10,26H2,1-2H3;1H/t12-,17+,18+,19+,20-,23+;/m1./s1. The summed E-state index contributed by atoms with van der Waals surface area (Å²) < 4.78 is 33.1. The summed E-state index contributed by atoms with van der Waals surface area (Å²) in [6, 6.07) is 4.09. The van der Waals surface area contributed by atoms with Gasteiger partial charge in [0.2, 0.25) is 13.6 Å². The average molecular weight is 584 g/mol.